The fourth-order valence-electron chi connectivity index (χ4n) is 3.72. The molecule has 1 N–H and O–H groups in total. The van der Waals surface area contributed by atoms with E-state index in [1.165, 1.54) is 23.9 Å². The van der Waals surface area contributed by atoms with Gasteiger partial charge >= 0.3 is 0 Å². The third kappa shape index (κ3) is 4.53. The monoisotopic (exact) mass is 448 g/mol. The Kier molecular flexibility index (Phi) is 6.55. The van der Waals surface area contributed by atoms with Crippen LogP contribution in [0.25, 0.3) is 11.2 Å². The minimum Gasteiger partial charge on any atom is -0.324 e. The number of carbonyl (C=O) groups is 1. The number of fused-ring (bicyclic) bond motifs is 1. The van der Waals surface area contributed by atoms with Gasteiger partial charge in [0.15, 0.2) is 10.8 Å². The maximum atomic E-state index is 13.4. The van der Waals surface area contributed by atoms with Crippen LogP contribution in [0, 0.1) is 19.7 Å². The number of imidazole rings is 1. The number of anilines is 1. The molecule has 1 amide bonds. The van der Waals surface area contributed by atoms with E-state index in [0.29, 0.717) is 23.0 Å². The smallest absolute Gasteiger partial charge is 0.247 e. The number of para-hydroxylation sites is 1. The number of aromatic nitrogens is 3. The maximum Gasteiger partial charge on any atom is 0.247 e. The van der Waals surface area contributed by atoms with Crippen LogP contribution in [0.3, 0.4) is 0 Å². The van der Waals surface area contributed by atoms with Gasteiger partial charge in [0.05, 0.1) is 0 Å². The lowest BCUT2D eigenvalue weighted by Gasteiger charge is -2.21. The molecule has 4 aromatic rings. The maximum absolute atomic E-state index is 13.4. The number of halogens is 1. The first-order valence-corrected chi connectivity index (χ1v) is 11.5. The Bertz CT molecular complexity index is 1230. The number of hydrogen-bond acceptors (Lipinski definition) is 4. The zero-order chi connectivity index (χ0) is 22.7. The summed E-state index contributed by atoms with van der Waals surface area (Å²) in [6.07, 6.45) is 2.30. The molecular weight excluding hydrogens is 423 g/mol. The van der Waals surface area contributed by atoms with Crippen molar-refractivity contribution in [2.45, 2.75) is 44.1 Å². The van der Waals surface area contributed by atoms with Crippen molar-refractivity contribution in [3.8, 4) is 0 Å². The van der Waals surface area contributed by atoms with Gasteiger partial charge in [-0.3, -0.25) is 9.36 Å². The predicted molar refractivity (Wildman–Crippen MR) is 127 cm³/mol. The highest BCUT2D eigenvalue weighted by molar-refractivity contribution is 7.98. The van der Waals surface area contributed by atoms with Crippen molar-refractivity contribution < 1.29 is 9.18 Å². The van der Waals surface area contributed by atoms with Gasteiger partial charge in [-0.05, 0) is 61.2 Å². The first-order valence-electron chi connectivity index (χ1n) is 10.5. The Labute approximate surface area is 191 Å². The summed E-state index contributed by atoms with van der Waals surface area (Å²) in [4.78, 5) is 22.7. The second-order valence-electron chi connectivity index (χ2n) is 7.71. The first-order chi connectivity index (χ1) is 15.5. The Morgan fingerprint density at radius 2 is 1.81 bits per heavy atom. The van der Waals surface area contributed by atoms with Crippen LogP contribution >= 0.6 is 11.8 Å². The first kappa shape index (κ1) is 22.0. The van der Waals surface area contributed by atoms with Crippen molar-refractivity contribution in [1.82, 2.24) is 14.5 Å². The van der Waals surface area contributed by atoms with E-state index < -0.39 is 6.04 Å². The molecule has 0 saturated heterocycles. The number of thioether (sulfide) groups is 1. The van der Waals surface area contributed by atoms with E-state index in [1.807, 2.05) is 55.7 Å². The van der Waals surface area contributed by atoms with Crippen LogP contribution in [0.1, 0.15) is 36.1 Å². The van der Waals surface area contributed by atoms with Gasteiger partial charge in [0.25, 0.3) is 0 Å². The molecular formula is C25H25FN4OS. The lowest BCUT2D eigenvalue weighted by molar-refractivity contribution is -0.119. The molecule has 0 aliphatic heterocycles. The SMILES string of the molecule is CC[C@@H](C(=O)Nc1c(C)cccc1C)n1c(SCc2ccc(F)cc2)nc2cccnc21. The van der Waals surface area contributed by atoms with Crippen molar-refractivity contribution in [1.29, 1.82) is 0 Å². The molecule has 0 saturated carbocycles. The molecule has 0 unspecified atom stereocenters. The van der Waals surface area contributed by atoms with Gasteiger partial charge < -0.3 is 5.32 Å². The Hall–Kier alpha value is -3.19. The van der Waals surface area contributed by atoms with Crippen LogP contribution < -0.4 is 5.32 Å². The zero-order valence-electron chi connectivity index (χ0n) is 18.3. The van der Waals surface area contributed by atoms with Gasteiger partial charge in [0.2, 0.25) is 5.91 Å². The van der Waals surface area contributed by atoms with Crippen LogP contribution in [-0.4, -0.2) is 20.4 Å². The summed E-state index contributed by atoms with van der Waals surface area (Å²) in [5.41, 5.74) is 5.29. The molecule has 2 heterocycles. The second kappa shape index (κ2) is 9.53. The summed E-state index contributed by atoms with van der Waals surface area (Å²) in [5.74, 6) is 0.251. The fourth-order valence-corrected chi connectivity index (χ4v) is 4.73. The second-order valence-corrected chi connectivity index (χ2v) is 8.65. The molecule has 2 aromatic carbocycles. The van der Waals surface area contributed by atoms with Gasteiger partial charge in [-0.15, -0.1) is 0 Å². The molecule has 0 radical (unpaired) electrons. The minimum atomic E-state index is -0.468. The van der Waals surface area contributed by atoms with Crippen LogP contribution in [-0.2, 0) is 10.5 Å². The molecule has 5 nitrogen and oxygen atoms in total. The summed E-state index contributed by atoms with van der Waals surface area (Å²) in [7, 11) is 0. The van der Waals surface area contributed by atoms with Gasteiger partial charge in [0, 0.05) is 17.6 Å². The number of carbonyl (C=O) groups excluding carboxylic acids is 1. The van der Waals surface area contributed by atoms with Crippen LogP contribution in [0.4, 0.5) is 10.1 Å². The number of rotatable bonds is 7. The average molecular weight is 449 g/mol. The minimum absolute atomic E-state index is 0.0986. The summed E-state index contributed by atoms with van der Waals surface area (Å²) < 4.78 is 15.2. The van der Waals surface area contributed by atoms with Crippen molar-refractivity contribution in [2.75, 3.05) is 5.32 Å². The summed E-state index contributed by atoms with van der Waals surface area (Å²) in [6.45, 7) is 5.96. The lowest BCUT2D eigenvalue weighted by Crippen LogP contribution is -2.27. The molecule has 164 valence electrons. The molecule has 32 heavy (non-hydrogen) atoms. The molecule has 0 aliphatic carbocycles. The largest absolute Gasteiger partial charge is 0.324 e. The third-order valence-electron chi connectivity index (χ3n) is 5.43. The van der Waals surface area contributed by atoms with E-state index in [0.717, 1.165) is 27.9 Å². The number of amides is 1. The number of pyridine rings is 1. The van der Waals surface area contributed by atoms with Gasteiger partial charge in [-0.2, -0.15) is 0 Å². The lowest BCUT2D eigenvalue weighted by atomic mass is 10.1. The molecule has 2 aromatic heterocycles. The fraction of sp³-hybridized carbons (Fsp3) is 0.240. The quantitative estimate of drug-likeness (QED) is 0.349. The summed E-state index contributed by atoms with van der Waals surface area (Å²) in [6, 6.07) is 15.7. The summed E-state index contributed by atoms with van der Waals surface area (Å²) in [5, 5.41) is 3.84. The van der Waals surface area contributed by atoms with Gasteiger partial charge in [0.1, 0.15) is 17.4 Å². The van der Waals surface area contributed by atoms with Crippen molar-refractivity contribution in [2.24, 2.45) is 0 Å². The number of hydrogen-bond donors (Lipinski definition) is 1. The van der Waals surface area contributed by atoms with Gasteiger partial charge in [-0.25, -0.2) is 14.4 Å². The van der Waals surface area contributed by atoms with Crippen molar-refractivity contribution in [3.63, 3.8) is 0 Å². The van der Waals surface area contributed by atoms with E-state index in [-0.39, 0.29) is 11.7 Å². The Morgan fingerprint density at radius 3 is 2.50 bits per heavy atom. The van der Waals surface area contributed by atoms with Crippen LogP contribution in [0.15, 0.2) is 66.0 Å². The highest BCUT2D eigenvalue weighted by Crippen LogP contribution is 2.31. The number of aryl methyl sites for hydroxylation is 2. The Morgan fingerprint density at radius 1 is 1.09 bits per heavy atom. The molecule has 0 bridgehead atoms. The molecule has 0 spiro atoms. The number of benzene rings is 2. The van der Waals surface area contributed by atoms with E-state index >= 15 is 0 Å². The molecule has 7 heteroatoms. The zero-order valence-corrected chi connectivity index (χ0v) is 19.1. The molecule has 0 aliphatic rings. The van der Waals surface area contributed by atoms with E-state index in [1.54, 1.807) is 18.3 Å². The van der Waals surface area contributed by atoms with E-state index in [4.69, 9.17) is 4.98 Å². The highest BCUT2D eigenvalue weighted by atomic mass is 32.2. The Balaban J connectivity index is 1.68. The normalized spacial score (nSPS) is 12.1. The predicted octanol–water partition coefficient (Wildman–Crippen LogP) is 6.07. The highest BCUT2D eigenvalue weighted by Gasteiger charge is 2.26. The summed E-state index contributed by atoms with van der Waals surface area (Å²) >= 11 is 1.51. The van der Waals surface area contributed by atoms with Crippen LogP contribution in [0.5, 0.6) is 0 Å². The standard InChI is InChI=1S/C25H25FN4OS/c1-4-21(24(31)29-22-16(2)7-5-8-17(22)3)30-23-20(9-6-14-27-23)28-25(30)32-15-18-10-12-19(26)13-11-18/h5-14,21H,4,15H2,1-3H3,(H,29,31)/t21-/m0/s1. The molecule has 0 fully saturated rings. The topological polar surface area (TPSA) is 59.8 Å². The van der Waals surface area contributed by atoms with E-state index in [2.05, 4.69) is 10.3 Å². The third-order valence-corrected chi connectivity index (χ3v) is 6.45. The average Bonchev–Trinajstić information content (AvgIpc) is 3.15. The van der Waals surface area contributed by atoms with Crippen molar-refractivity contribution >= 4 is 34.5 Å². The van der Waals surface area contributed by atoms with Crippen molar-refractivity contribution in [3.05, 3.63) is 83.3 Å². The van der Waals surface area contributed by atoms with Crippen LogP contribution in [0.2, 0.25) is 0 Å². The molecule has 1 atom stereocenters. The number of nitrogens with zero attached hydrogens (tertiary/aromatic N) is 3. The number of nitrogens with one attached hydrogen (secondary N) is 1. The molecule has 4 rings (SSSR count). The van der Waals surface area contributed by atoms with Gasteiger partial charge in [-0.1, -0.05) is 49.0 Å². The van der Waals surface area contributed by atoms with E-state index in [9.17, 15) is 9.18 Å².